The highest BCUT2D eigenvalue weighted by atomic mass is 32.2. The highest BCUT2D eigenvalue weighted by Crippen LogP contribution is 2.41. The van der Waals surface area contributed by atoms with Crippen molar-refractivity contribution < 1.29 is 0 Å². The van der Waals surface area contributed by atoms with E-state index in [0.29, 0.717) is 10.8 Å². The molecule has 1 aliphatic rings. The molecule has 0 bridgehead atoms. The molecule has 3 nitrogen and oxygen atoms in total. The SMILES string of the molecule is CCCNC(Cc1cnn(C)c1)C1(C)CCCS1. The van der Waals surface area contributed by atoms with Gasteiger partial charge in [0, 0.05) is 24.0 Å². The molecule has 2 heterocycles. The first-order valence-electron chi connectivity index (χ1n) is 6.99. The van der Waals surface area contributed by atoms with Crippen LogP contribution in [0.1, 0.15) is 38.7 Å². The maximum absolute atomic E-state index is 4.28. The fourth-order valence-electron chi connectivity index (χ4n) is 2.71. The summed E-state index contributed by atoms with van der Waals surface area (Å²) in [6.45, 7) is 5.77. The van der Waals surface area contributed by atoms with Crippen molar-refractivity contribution in [2.75, 3.05) is 12.3 Å². The number of aromatic nitrogens is 2. The van der Waals surface area contributed by atoms with Gasteiger partial charge >= 0.3 is 0 Å². The number of hydrogen-bond acceptors (Lipinski definition) is 3. The Morgan fingerprint density at radius 2 is 2.44 bits per heavy atom. The van der Waals surface area contributed by atoms with Crippen LogP contribution in [0.4, 0.5) is 0 Å². The van der Waals surface area contributed by atoms with E-state index < -0.39 is 0 Å². The first-order chi connectivity index (χ1) is 8.64. The molecule has 1 fully saturated rings. The second-order valence-corrected chi connectivity index (χ2v) is 7.13. The van der Waals surface area contributed by atoms with Crippen molar-refractivity contribution in [2.45, 2.75) is 50.3 Å². The van der Waals surface area contributed by atoms with Crippen LogP contribution in [0.5, 0.6) is 0 Å². The average molecular weight is 267 g/mol. The van der Waals surface area contributed by atoms with Gasteiger partial charge in [0.2, 0.25) is 0 Å². The summed E-state index contributed by atoms with van der Waals surface area (Å²) in [7, 11) is 1.99. The van der Waals surface area contributed by atoms with Gasteiger partial charge in [-0.3, -0.25) is 4.68 Å². The van der Waals surface area contributed by atoms with Crippen LogP contribution in [0.15, 0.2) is 12.4 Å². The van der Waals surface area contributed by atoms with Crippen molar-refractivity contribution in [3.8, 4) is 0 Å². The maximum Gasteiger partial charge on any atom is 0.0522 e. The minimum absolute atomic E-state index is 0.394. The lowest BCUT2D eigenvalue weighted by Gasteiger charge is -2.34. The number of rotatable bonds is 6. The van der Waals surface area contributed by atoms with Crippen LogP contribution in [0.3, 0.4) is 0 Å². The van der Waals surface area contributed by atoms with E-state index in [1.54, 1.807) is 0 Å². The van der Waals surface area contributed by atoms with Gasteiger partial charge in [-0.2, -0.15) is 16.9 Å². The first-order valence-corrected chi connectivity index (χ1v) is 7.97. The molecule has 2 rings (SSSR count). The molecule has 18 heavy (non-hydrogen) atoms. The largest absolute Gasteiger partial charge is 0.312 e. The van der Waals surface area contributed by atoms with Gasteiger partial charge in [-0.1, -0.05) is 6.92 Å². The van der Waals surface area contributed by atoms with E-state index in [2.05, 4.69) is 42.2 Å². The lowest BCUT2D eigenvalue weighted by molar-refractivity contribution is 0.399. The molecule has 1 aromatic heterocycles. The van der Waals surface area contributed by atoms with Crippen molar-refractivity contribution in [1.29, 1.82) is 0 Å². The van der Waals surface area contributed by atoms with Crippen molar-refractivity contribution in [3.63, 3.8) is 0 Å². The molecular weight excluding hydrogens is 242 g/mol. The molecule has 0 saturated carbocycles. The van der Waals surface area contributed by atoms with E-state index in [-0.39, 0.29) is 0 Å². The Balaban J connectivity index is 2.04. The molecule has 1 aromatic rings. The Labute approximate surface area is 115 Å². The van der Waals surface area contributed by atoms with Gasteiger partial charge in [0.15, 0.2) is 0 Å². The van der Waals surface area contributed by atoms with Crippen LogP contribution >= 0.6 is 11.8 Å². The number of thioether (sulfide) groups is 1. The minimum atomic E-state index is 0.394. The summed E-state index contributed by atoms with van der Waals surface area (Å²) < 4.78 is 2.29. The van der Waals surface area contributed by atoms with E-state index >= 15 is 0 Å². The van der Waals surface area contributed by atoms with Crippen LogP contribution in [0, 0.1) is 0 Å². The maximum atomic E-state index is 4.28. The fraction of sp³-hybridized carbons (Fsp3) is 0.786. The zero-order chi connectivity index (χ0) is 13.0. The summed E-state index contributed by atoms with van der Waals surface area (Å²) in [5.41, 5.74) is 1.35. The van der Waals surface area contributed by atoms with Gasteiger partial charge in [-0.05, 0) is 50.5 Å². The quantitative estimate of drug-likeness (QED) is 0.859. The molecule has 0 radical (unpaired) electrons. The zero-order valence-corrected chi connectivity index (χ0v) is 12.6. The third-order valence-electron chi connectivity index (χ3n) is 3.83. The average Bonchev–Trinajstić information content (AvgIpc) is 2.94. The van der Waals surface area contributed by atoms with E-state index in [0.717, 1.165) is 13.0 Å². The summed E-state index contributed by atoms with van der Waals surface area (Å²) in [5.74, 6) is 1.31. The molecule has 2 atom stereocenters. The van der Waals surface area contributed by atoms with Crippen molar-refractivity contribution in [1.82, 2.24) is 15.1 Å². The fourth-order valence-corrected chi connectivity index (χ4v) is 4.12. The molecule has 1 N–H and O–H groups in total. The van der Waals surface area contributed by atoms with Crippen LogP contribution in [0.2, 0.25) is 0 Å². The minimum Gasteiger partial charge on any atom is -0.312 e. The van der Waals surface area contributed by atoms with Crippen molar-refractivity contribution >= 4 is 11.8 Å². The standard InChI is InChI=1S/C14H25N3S/c1-4-7-15-13(14(2)6-5-8-18-14)9-12-10-16-17(3)11-12/h10-11,13,15H,4-9H2,1-3H3. The van der Waals surface area contributed by atoms with E-state index in [1.807, 2.05) is 17.9 Å². The Kier molecular flexibility index (Phi) is 4.73. The Morgan fingerprint density at radius 1 is 1.61 bits per heavy atom. The Hall–Kier alpha value is -0.480. The molecule has 1 saturated heterocycles. The molecule has 102 valence electrons. The van der Waals surface area contributed by atoms with Gasteiger partial charge < -0.3 is 5.32 Å². The predicted molar refractivity (Wildman–Crippen MR) is 79.1 cm³/mol. The van der Waals surface area contributed by atoms with Crippen LogP contribution in [-0.2, 0) is 13.5 Å². The third-order valence-corrected chi connectivity index (χ3v) is 5.47. The second kappa shape index (κ2) is 6.11. The van der Waals surface area contributed by atoms with Crippen LogP contribution < -0.4 is 5.32 Å². The molecule has 2 unspecified atom stereocenters. The summed E-state index contributed by atoms with van der Waals surface area (Å²) in [5, 5.41) is 8.03. The highest BCUT2D eigenvalue weighted by molar-refractivity contribution is 8.00. The monoisotopic (exact) mass is 267 g/mol. The van der Waals surface area contributed by atoms with Gasteiger partial charge in [-0.15, -0.1) is 0 Å². The number of nitrogens with zero attached hydrogens (tertiary/aromatic N) is 2. The topological polar surface area (TPSA) is 29.9 Å². The van der Waals surface area contributed by atoms with Gasteiger partial charge in [0.1, 0.15) is 0 Å². The van der Waals surface area contributed by atoms with Crippen LogP contribution in [0.25, 0.3) is 0 Å². The normalized spacial score (nSPS) is 25.5. The molecule has 1 aliphatic heterocycles. The highest BCUT2D eigenvalue weighted by Gasteiger charge is 2.37. The summed E-state index contributed by atoms with van der Waals surface area (Å²) in [6.07, 6.45) is 9.13. The van der Waals surface area contributed by atoms with Crippen LogP contribution in [-0.4, -0.2) is 32.9 Å². The van der Waals surface area contributed by atoms with Gasteiger partial charge in [-0.25, -0.2) is 0 Å². The van der Waals surface area contributed by atoms with Crippen molar-refractivity contribution in [3.05, 3.63) is 18.0 Å². The smallest absolute Gasteiger partial charge is 0.0522 e. The van der Waals surface area contributed by atoms with Gasteiger partial charge in [0.25, 0.3) is 0 Å². The summed E-state index contributed by atoms with van der Waals surface area (Å²) in [4.78, 5) is 0. The first kappa shape index (κ1) is 13.9. The molecule has 0 amide bonds. The van der Waals surface area contributed by atoms with Crippen molar-refractivity contribution in [2.24, 2.45) is 7.05 Å². The number of nitrogens with one attached hydrogen (secondary N) is 1. The zero-order valence-electron chi connectivity index (χ0n) is 11.8. The number of aryl methyl sites for hydroxylation is 1. The Morgan fingerprint density at radius 3 is 3.00 bits per heavy atom. The number of hydrogen-bond donors (Lipinski definition) is 1. The van der Waals surface area contributed by atoms with Gasteiger partial charge in [0.05, 0.1) is 6.20 Å². The summed E-state index contributed by atoms with van der Waals surface area (Å²) >= 11 is 2.14. The molecule has 0 spiro atoms. The predicted octanol–water partition coefficient (Wildman–Crippen LogP) is 2.62. The lowest BCUT2D eigenvalue weighted by Crippen LogP contribution is -2.47. The van der Waals surface area contributed by atoms with E-state index in [4.69, 9.17) is 0 Å². The van der Waals surface area contributed by atoms with E-state index in [1.165, 1.54) is 30.6 Å². The molecular formula is C14H25N3S. The molecule has 0 aromatic carbocycles. The van der Waals surface area contributed by atoms with E-state index in [9.17, 15) is 0 Å². The Bertz CT molecular complexity index is 369. The lowest BCUT2D eigenvalue weighted by atomic mass is 9.91. The molecule has 0 aliphatic carbocycles. The molecule has 4 heteroatoms. The summed E-state index contributed by atoms with van der Waals surface area (Å²) in [6, 6.07) is 0.564. The third kappa shape index (κ3) is 3.29. The second-order valence-electron chi connectivity index (χ2n) is 5.50.